The largest absolute Gasteiger partial charge is 0.286 e. The Balaban J connectivity index is 3.44. The SMILES string of the molecule is CCC[C@@H](F)CCCS(=O)(=O)O. The van der Waals surface area contributed by atoms with Crippen molar-refractivity contribution in [3.8, 4) is 0 Å². The average Bonchev–Trinajstić information content (AvgIpc) is 1.84. The van der Waals surface area contributed by atoms with Crippen LogP contribution >= 0.6 is 0 Å². The van der Waals surface area contributed by atoms with Crippen LogP contribution < -0.4 is 0 Å². The molecule has 12 heavy (non-hydrogen) atoms. The fraction of sp³-hybridized carbons (Fsp3) is 1.00. The van der Waals surface area contributed by atoms with E-state index in [9.17, 15) is 12.8 Å². The highest BCUT2D eigenvalue weighted by atomic mass is 32.2. The van der Waals surface area contributed by atoms with Crippen LogP contribution in [0.15, 0.2) is 0 Å². The van der Waals surface area contributed by atoms with Crippen molar-refractivity contribution >= 4 is 10.1 Å². The van der Waals surface area contributed by atoms with Crippen LogP contribution in [0.2, 0.25) is 0 Å². The monoisotopic (exact) mass is 198 g/mol. The Hall–Kier alpha value is -0.160. The van der Waals surface area contributed by atoms with Gasteiger partial charge < -0.3 is 0 Å². The zero-order valence-electron chi connectivity index (χ0n) is 7.16. The molecule has 0 aromatic carbocycles. The molecule has 0 saturated heterocycles. The van der Waals surface area contributed by atoms with E-state index < -0.39 is 16.3 Å². The van der Waals surface area contributed by atoms with Gasteiger partial charge in [0.2, 0.25) is 0 Å². The van der Waals surface area contributed by atoms with Gasteiger partial charge in [-0.15, -0.1) is 0 Å². The average molecular weight is 198 g/mol. The predicted molar refractivity (Wildman–Crippen MR) is 45.5 cm³/mol. The number of alkyl halides is 1. The van der Waals surface area contributed by atoms with Gasteiger partial charge in [0, 0.05) is 0 Å². The fourth-order valence-corrected chi connectivity index (χ4v) is 1.48. The van der Waals surface area contributed by atoms with Crippen LogP contribution in [-0.2, 0) is 10.1 Å². The van der Waals surface area contributed by atoms with Gasteiger partial charge in [-0.3, -0.25) is 4.55 Å². The van der Waals surface area contributed by atoms with Crippen molar-refractivity contribution in [3.05, 3.63) is 0 Å². The maximum Gasteiger partial charge on any atom is 0.264 e. The fourth-order valence-electron chi connectivity index (χ4n) is 0.945. The van der Waals surface area contributed by atoms with E-state index in [0.717, 1.165) is 6.42 Å². The number of rotatable bonds is 6. The van der Waals surface area contributed by atoms with Crippen molar-refractivity contribution in [3.63, 3.8) is 0 Å². The van der Waals surface area contributed by atoms with Crippen molar-refractivity contribution in [2.75, 3.05) is 5.75 Å². The third-order valence-corrected chi connectivity index (χ3v) is 2.33. The molecule has 0 rings (SSSR count). The molecule has 0 spiro atoms. The second-order valence-electron chi connectivity index (χ2n) is 2.81. The normalized spacial score (nSPS) is 14.6. The Bertz CT molecular complexity index is 201. The summed E-state index contributed by atoms with van der Waals surface area (Å²) in [5.41, 5.74) is 0. The lowest BCUT2D eigenvalue weighted by molar-refractivity contribution is 0.291. The van der Waals surface area contributed by atoms with Crippen molar-refractivity contribution in [2.45, 2.75) is 38.8 Å². The van der Waals surface area contributed by atoms with Gasteiger partial charge in [-0.05, 0) is 19.3 Å². The summed E-state index contributed by atoms with van der Waals surface area (Å²) in [4.78, 5) is 0. The predicted octanol–water partition coefficient (Wildman–Crippen LogP) is 1.79. The van der Waals surface area contributed by atoms with Gasteiger partial charge in [0.25, 0.3) is 10.1 Å². The Morgan fingerprint density at radius 3 is 2.42 bits per heavy atom. The maximum absolute atomic E-state index is 12.7. The summed E-state index contributed by atoms with van der Waals surface area (Å²) in [5, 5.41) is 0. The first kappa shape index (κ1) is 11.8. The van der Waals surface area contributed by atoms with Crippen molar-refractivity contribution in [2.24, 2.45) is 0 Å². The Morgan fingerprint density at radius 2 is 2.00 bits per heavy atom. The van der Waals surface area contributed by atoms with Crippen LogP contribution in [0.25, 0.3) is 0 Å². The van der Waals surface area contributed by atoms with E-state index in [2.05, 4.69) is 0 Å². The van der Waals surface area contributed by atoms with Gasteiger partial charge in [-0.2, -0.15) is 8.42 Å². The van der Waals surface area contributed by atoms with Crippen LogP contribution in [0.5, 0.6) is 0 Å². The summed E-state index contributed by atoms with van der Waals surface area (Å²) in [5.74, 6) is -0.336. The van der Waals surface area contributed by atoms with Crippen molar-refractivity contribution in [1.82, 2.24) is 0 Å². The van der Waals surface area contributed by atoms with Crippen LogP contribution in [0.3, 0.4) is 0 Å². The zero-order chi connectivity index (χ0) is 9.61. The lowest BCUT2D eigenvalue weighted by Crippen LogP contribution is -2.07. The van der Waals surface area contributed by atoms with Gasteiger partial charge in [0.05, 0.1) is 5.75 Å². The smallest absolute Gasteiger partial charge is 0.264 e. The molecule has 74 valence electrons. The topological polar surface area (TPSA) is 54.4 Å². The van der Waals surface area contributed by atoms with Crippen LogP contribution in [0.4, 0.5) is 4.39 Å². The minimum absolute atomic E-state index is 0.194. The molecule has 0 aliphatic heterocycles. The first-order valence-corrected chi connectivity index (χ1v) is 5.66. The molecule has 0 unspecified atom stereocenters. The standard InChI is InChI=1S/C7H15FO3S/c1-2-4-7(8)5-3-6-12(9,10)11/h7H,2-6H2,1H3,(H,9,10,11)/t7-/m1/s1. The molecule has 0 aliphatic carbocycles. The first-order valence-electron chi connectivity index (χ1n) is 4.05. The van der Waals surface area contributed by atoms with E-state index in [1.807, 2.05) is 6.92 Å². The molecule has 5 heteroatoms. The zero-order valence-corrected chi connectivity index (χ0v) is 7.98. The molecule has 0 radical (unpaired) electrons. The van der Waals surface area contributed by atoms with Gasteiger partial charge >= 0.3 is 0 Å². The molecule has 0 aromatic rings. The third kappa shape index (κ3) is 7.94. The molecular formula is C7H15FO3S. The molecular weight excluding hydrogens is 183 g/mol. The summed E-state index contributed by atoms with van der Waals surface area (Å²) >= 11 is 0. The van der Waals surface area contributed by atoms with Gasteiger partial charge in [0.1, 0.15) is 6.17 Å². The van der Waals surface area contributed by atoms with Crippen LogP contribution in [-0.4, -0.2) is 24.9 Å². The summed E-state index contributed by atoms with van der Waals surface area (Å²) in [6.45, 7) is 1.87. The van der Waals surface area contributed by atoms with Gasteiger partial charge in [-0.25, -0.2) is 4.39 Å². The summed E-state index contributed by atoms with van der Waals surface area (Å²) in [6, 6.07) is 0. The van der Waals surface area contributed by atoms with Gasteiger partial charge in [0.15, 0.2) is 0 Å². The maximum atomic E-state index is 12.7. The highest BCUT2D eigenvalue weighted by Gasteiger charge is 2.08. The third-order valence-electron chi connectivity index (χ3n) is 1.52. The van der Waals surface area contributed by atoms with Crippen molar-refractivity contribution in [1.29, 1.82) is 0 Å². The molecule has 0 heterocycles. The molecule has 0 saturated carbocycles. The summed E-state index contributed by atoms with van der Waals surface area (Å²) < 4.78 is 41.4. The van der Waals surface area contributed by atoms with E-state index in [1.165, 1.54) is 0 Å². The Kier molecular flexibility index (Phi) is 5.41. The second kappa shape index (κ2) is 5.48. The number of hydrogen-bond donors (Lipinski definition) is 1. The quantitative estimate of drug-likeness (QED) is 0.662. The summed E-state index contributed by atoms with van der Waals surface area (Å²) in [7, 11) is -3.90. The first-order chi connectivity index (χ1) is 5.45. The van der Waals surface area contributed by atoms with E-state index >= 15 is 0 Å². The van der Waals surface area contributed by atoms with Gasteiger partial charge in [-0.1, -0.05) is 13.3 Å². The molecule has 1 N–H and O–H groups in total. The number of halogens is 1. The molecule has 0 amide bonds. The van der Waals surface area contributed by atoms with E-state index in [1.54, 1.807) is 0 Å². The molecule has 3 nitrogen and oxygen atoms in total. The second-order valence-corrected chi connectivity index (χ2v) is 4.39. The molecule has 0 fully saturated rings. The van der Waals surface area contributed by atoms with E-state index in [0.29, 0.717) is 6.42 Å². The summed E-state index contributed by atoms with van der Waals surface area (Å²) in [6.07, 6.45) is 0.698. The molecule has 0 aliphatic rings. The molecule has 0 bridgehead atoms. The Morgan fingerprint density at radius 1 is 1.42 bits per heavy atom. The lowest BCUT2D eigenvalue weighted by Gasteiger charge is -2.04. The lowest BCUT2D eigenvalue weighted by atomic mass is 10.1. The Labute approximate surface area is 72.7 Å². The number of hydrogen-bond acceptors (Lipinski definition) is 2. The minimum atomic E-state index is -3.90. The molecule has 1 atom stereocenters. The minimum Gasteiger partial charge on any atom is -0.286 e. The molecule has 0 aromatic heterocycles. The van der Waals surface area contributed by atoms with E-state index in [-0.39, 0.29) is 18.6 Å². The highest BCUT2D eigenvalue weighted by molar-refractivity contribution is 7.85. The van der Waals surface area contributed by atoms with Crippen LogP contribution in [0, 0.1) is 0 Å². The van der Waals surface area contributed by atoms with Crippen molar-refractivity contribution < 1.29 is 17.4 Å². The highest BCUT2D eigenvalue weighted by Crippen LogP contribution is 2.09. The van der Waals surface area contributed by atoms with E-state index in [4.69, 9.17) is 4.55 Å². The van der Waals surface area contributed by atoms with Crippen LogP contribution in [0.1, 0.15) is 32.6 Å².